The molecule has 0 aromatic carbocycles. The predicted molar refractivity (Wildman–Crippen MR) is 111 cm³/mol. The largest absolute Gasteiger partial charge is 0.361 e. The molecule has 0 bridgehead atoms. The fourth-order valence-electron chi connectivity index (χ4n) is 4.73. The summed E-state index contributed by atoms with van der Waals surface area (Å²) in [5, 5.41) is 4.10. The van der Waals surface area contributed by atoms with E-state index in [4.69, 9.17) is 9.51 Å². The van der Waals surface area contributed by atoms with Crippen LogP contribution in [0.4, 0.5) is 0 Å². The quantitative estimate of drug-likeness (QED) is 0.458. The molecule has 5 heteroatoms. The van der Waals surface area contributed by atoms with E-state index < -0.39 is 0 Å². The van der Waals surface area contributed by atoms with E-state index in [-0.39, 0.29) is 0 Å². The number of rotatable bonds is 3. The lowest BCUT2D eigenvalue weighted by molar-refractivity contribution is 0.238. The van der Waals surface area contributed by atoms with Crippen molar-refractivity contribution in [3.63, 3.8) is 0 Å². The second-order valence-electron chi connectivity index (χ2n) is 8.36. The molecule has 0 saturated heterocycles. The van der Waals surface area contributed by atoms with Crippen LogP contribution >= 0.6 is 22.6 Å². The molecule has 3 heterocycles. The normalized spacial score (nSPS) is 19.5. The Hall–Kier alpha value is -1.37. The van der Waals surface area contributed by atoms with Crippen LogP contribution in [-0.2, 0) is 6.54 Å². The highest BCUT2D eigenvalue weighted by Crippen LogP contribution is 2.57. The number of pyridine rings is 1. The molecule has 0 radical (unpaired) electrons. The molecule has 3 aromatic heterocycles. The lowest BCUT2D eigenvalue weighted by atomic mass is 9.80. The van der Waals surface area contributed by atoms with Crippen LogP contribution in [0.3, 0.4) is 0 Å². The van der Waals surface area contributed by atoms with Crippen LogP contribution in [0.25, 0.3) is 22.2 Å². The van der Waals surface area contributed by atoms with Crippen molar-refractivity contribution in [1.82, 2.24) is 14.7 Å². The van der Waals surface area contributed by atoms with Crippen LogP contribution in [-0.4, -0.2) is 14.7 Å². The van der Waals surface area contributed by atoms with Crippen molar-refractivity contribution >= 4 is 33.6 Å². The van der Waals surface area contributed by atoms with Crippen LogP contribution in [0.5, 0.6) is 0 Å². The minimum absolute atomic E-state index is 0.766. The number of nitrogens with zero attached hydrogens (tertiary/aromatic N) is 3. The van der Waals surface area contributed by atoms with Gasteiger partial charge >= 0.3 is 0 Å². The van der Waals surface area contributed by atoms with E-state index >= 15 is 0 Å². The van der Waals surface area contributed by atoms with Gasteiger partial charge in [0.1, 0.15) is 11.3 Å². The summed E-state index contributed by atoms with van der Waals surface area (Å²) in [6.07, 6.45) is 12.8. The molecule has 2 aliphatic rings. The van der Waals surface area contributed by atoms with Gasteiger partial charge in [-0.1, -0.05) is 5.16 Å². The summed E-state index contributed by atoms with van der Waals surface area (Å²) >= 11 is 2.41. The Labute approximate surface area is 167 Å². The van der Waals surface area contributed by atoms with Crippen molar-refractivity contribution in [2.24, 2.45) is 11.3 Å². The number of hydrogen-bond donors (Lipinski definition) is 0. The monoisotopic (exact) mass is 461 g/mol. The highest BCUT2D eigenvalue weighted by molar-refractivity contribution is 14.1. The van der Waals surface area contributed by atoms with Gasteiger partial charge in [-0.15, -0.1) is 0 Å². The lowest BCUT2D eigenvalue weighted by Gasteiger charge is -2.28. The Morgan fingerprint density at radius 3 is 2.65 bits per heavy atom. The third-order valence-electron chi connectivity index (χ3n) is 6.57. The summed E-state index contributed by atoms with van der Waals surface area (Å²) in [5.41, 5.74) is 6.22. The minimum Gasteiger partial charge on any atom is -0.361 e. The maximum atomic E-state index is 5.36. The molecule has 4 nitrogen and oxygen atoms in total. The van der Waals surface area contributed by atoms with Crippen LogP contribution in [0.15, 0.2) is 23.0 Å². The SMILES string of the molecule is Cc1noc(C)c1-c1cnc2c(I)cn(CC3CCC4(CC3)CC4)c2c1. The minimum atomic E-state index is 0.766. The van der Waals surface area contributed by atoms with Gasteiger partial charge in [0.2, 0.25) is 0 Å². The van der Waals surface area contributed by atoms with Crippen molar-refractivity contribution in [2.75, 3.05) is 0 Å². The van der Waals surface area contributed by atoms with Crippen molar-refractivity contribution in [3.8, 4) is 11.1 Å². The molecular weight excluding hydrogens is 437 g/mol. The highest BCUT2D eigenvalue weighted by Gasteiger charge is 2.44. The molecule has 2 fully saturated rings. The molecular formula is C21H24IN3O. The summed E-state index contributed by atoms with van der Waals surface area (Å²) in [6.45, 7) is 5.08. The molecule has 0 atom stereocenters. The summed E-state index contributed by atoms with van der Waals surface area (Å²) < 4.78 is 9.02. The van der Waals surface area contributed by atoms with Crippen LogP contribution in [0.1, 0.15) is 50.0 Å². The Morgan fingerprint density at radius 2 is 2.00 bits per heavy atom. The van der Waals surface area contributed by atoms with Crippen LogP contribution in [0.2, 0.25) is 0 Å². The second-order valence-corrected chi connectivity index (χ2v) is 9.53. The number of aromatic nitrogens is 3. The predicted octanol–water partition coefficient (Wildman–Crippen LogP) is 5.88. The molecule has 3 aromatic rings. The van der Waals surface area contributed by atoms with Gasteiger partial charge in [0.25, 0.3) is 0 Å². The first-order valence-electron chi connectivity index (χ1n) is 9.62. The van der Waals surface area contributed by atoms with E-state index in [1.54, 1.807) is 0 Å². The third kappa shape index (κ3) is 2.79. The van der Waals surface area contributed by atoms with Gasteiger partial charge in [-0.25, -0.2) is 0 Å². The average Bonchev–Trinajstić information content (AvgIpc) is 3.21. The number of fused-ring (bicyclic) bond motifs is 1. The van der Waals surface area contributed by atoms with Crippen LogP contribution < -0.4 is 0 Å². The van der Waals surface area contributed by atoms with Crippen molar-refractivity contribution in [3.05, 3.63) is 33.5 Å². The maximum absolute atomic E-state index is 5.36. The highest BCUT2D eigenvalue weighted by atomic mass is 127. The van der Waals surface area contributed by atoms with Gasteiger partial charge in [0.05, 0.1) is 14.8 Å². The number of hydrogen-bond acceptors (Lipinski definition) is 3. The number of aryl methyl sites for hydroxylation is 2. The van der Waals surface area contributed by atoms with Gasteiger partial charge in [0, 0.05) is 30.1 Å². The van der Waals surface area contributed by atoms with Gasteiger partial charge in [-0.3, -0.25) is 4.98 Å². The van der Waals surface area contributed by atoms with Crippen molar-refractivity contribution in [1.29, 1.82) is 0 Å². The van der Waals surface area contributed by atoms with E-state index in [0.717, 1.165) is 46.0 Å². The molecule has 5 rings (SSSR count). The van der Waals surface area contributed by atoms with Gasteiger partial charge in [-0.2, -0.15) is 0 Å². The first-order chi connectivity index (χ1) is 12.5. The number of halogens is 1. The fourth-order valence-corrected chi connectivity index (χ4v) is 5.49. The fraction of sp³-hybridized carbons (Fsp3) is 0.524. The lowest BCUT2D eigenvalue weighted by Crippen LogP contribution is -2.19. The van der Waals surface area contributed by atoms with Crippen LogP contribution in [0, 0.1) is 28.8 Å². The summed E-state index contributed by atoms with van der Waals surface area (Å²) in [6, 6.07) is 2.27. The van der Waals surface area contributed by atoms with Crippen molar-refractivity contribution < 1.29 is 4.52 Å². The van der Waals surface area contributed by atoms with Gasteiger partial charge in [-0.05, 0) is 92.4 Å². The first-order valence-corrected chi connectivity index (χ1v) is 10.7. The first kappa shape index (κ1) is 16.8. The molecule has 0 unspecified atom stereocenters. The molecule has 1 spiro atoms. The van der Waals surface area contributed by atoms with E-state index in [0.29, 0.717) is 0 Å². The smallest absolute Gasteiger partial charge is 0.141 e. The Bertz CT molecular complexity index is 953. The molecule has 0 amide bonds. The average molecular weight is 461 g/mol. The molecule has 2 saturated carbocycles. The van der Waals surface area contributed by atoms with E-state index in [9.17, 15) is 0 Å². The Balaban J connectivity index is 1.48. The molecule has 2 aliphatic carbocycles. The van der Waals surface area contributed by atoms with E-state index in [2.05, 4.69) is 44.6 Å². The van der Waals surface area contributed by atoms with Crippen molar-refractivity contribution in [2.45, 2.75) is 58.9 Å². The molecule has 136 valence electrons. The maximum Gasteiger partial charge on any atom is 0.141 e. The Morgan fingerprint density at radius 1 is 1.23 bits per heavy atom. The summed E-state index contributed by atoms with van der Waals surface area (Å²) in [4.78, 5) is 4.77. The molecule has 0 aliphatic heterocycles. The van der Waals surface area contributed by atoms with Gasteiger partial charge in [0.15, 0.2) is 0 Å². The second kappa shape index (κ2) is 6.08. The summed E-state index contributed by atoms with van der Waals surface area (Å²) in [5.74, 6) is 1.66. The standard InChI is InChI=1S/C21H24IN3O/c1-13-19(14(2)26-24-13)16-9-18-20(23-10-16)17(22)12-25(18)11-15-3-5-21(6-4-15)7-8-21/h9-10,12,15H,3-8,11H2,1-2H3. The summed E-state index contributed by atoms with van der Waals surface area (Å²) in [7, 11) is 0. The van der Waals surface area contributed by atoms with E-state index in [1.165, 1.54) is 47.6 Å². The zero-order valence-electron chi connectivity index (χ0n) is 15.4. The van der Waals surface area contributed by atoms with Gasteiger partial charge < -0.3 is 9.09 Å². The topological polar surface area (TPSA) is 43.9 Å². The zero-order valence-corrected chi connectivity index (χ0v) is 17.5. The van der Waals surface area contributed by atoms with E-state index in [1.807, 2.05) is 20.0 Å². The Kier molecular flexibility index (Phi) is 3.92. The molecule has 26 heavy (non-hydrogen) atoms. The third-order valence-corrected chi connectivity index (χ3v) is 7.36. The zero-order chi connectivity index (χ0) is 17.9. The molecule has 0 N–H and O–H groups in total.